The summed E-state index contributed by atoms with van der Waals surface area (Å²) in [5.41, 5.74) is -0.363. The number of carbonyl (C=O) groups excluding carboxylic acids is 1. The van der Waals surface area contributed by atoms with E-state index in [0.29, 0.717) is 6.61 Å². The lowest BCUT2D eigenvalue weighted by Gasteiger charge is -2.20. The lowest BCUT2D eigenvalue weighted by atomic mass is 9.88. The van der Waals surface area contributed by atoms with Gasteiger partial charge in [-0.05, 0) is 27.2 Å². The second kappa shape index (κ2) is 4.37. The Balaban J connectivity index is 3.94. The van der Waals surface area contributed by atoms with Crippen LogP contribution in [-0.4, -0.2) is 12.6 Å². The molecule has 0 aromatic carbocycles. The molecule has 0 N–H and O–H groups in total. The second-order valence-corrected chi connectivity index (χ2v) is 3.21. The maximum atomic E-state index is 11.2. The first-order valence-corrected chi connectivity index (χ1v) is 4.01. The van der Waals surface area contributed by atoms with Crippen molar-refractivity contribution in [1.82, 2.24) is 0 Å². The predicted octanol–water partition coefficient (Wildman–Crippen LogP) is 2.19. The van der Waals surface area contributed by atoms with Gasteiger partial charge in [-0.1, -0.05) is 13.3 Å². The molecule has 0 atom stereocenters. The molecule has 0 aliphatic heterocycles. The Morgan fingerprint density at radius 3 is 2.45 bits per heavy atom. The minimum absolute atomic E-state index is 0.122. The molecule has 0 heterocycles. The van der Waals surface area contributed by atoms with Crippen molar-refractivity contribution in [3.8, 4) is 0 Å². The van der Waals surface area contributed by atoms with Crippen molar-refractivity contribution >= 4 is 5.97 Å². The monoisotopic (exact) mass is 157 g/mol. The Labute approximate surface area is 68.9 Å². The maximum Gasteiger partial charge on any atom is 0.311 e. The minimum Gasteiger partial charge on any atom is -0.466 e. The molecule has 0 aromatic rings. The van der Waals surface area contributed by atoms with Crippen LogP contribution in [0, 0.1) is 12.3 Å². The third-order valence-electron chi connectivity index (χ3n) is 1.63. The molecular formula is C9H17O2. The Morgan fingerprint density at radius 2 is 2.09 bits per heavy atom. The number of ether oxygens (including phenoxy) is 1. The molecule has 0 aliphatic carbocycles. The molecule has 0 fully saturated rings. The van der Waals surface area contributed by atoms with Crippen molar-refractivity contribution in [2.45, 2.75) is 33.6 Å². The van der Waals surface area contributed by atoms with Gasteiger partial charge in [0.2, 0.25) is 0 Å². The Bertz CT molecular complexity index is 128. The zero-order valence-electron chi connectivity index (χ0n) is 7.64. The summed E-state index contributed by atoms with van der Waals surface area (Å²) in [6.07, 6.45) is 1.55. The van der Waals surface area contributed by atoms with E-state index in [-0.39, 0.29) is 11.4 Å². The Kier molecular flexibility index (Phi) is 4.16. The number of hydrogen-bond donors (Lipinski definition) is 0. The van der Waals surface area contributed by atoms with Crippen LogP contribution in [0.1, 0.15) is 33.6 Å². The molecule has 65 valence electrons. The van der Waals surface area contributed by atoms with Crippen molar-refractivity contribution < 1.29 is 9.53 Å². The highest BCUT2D eigenvalue weighted by Gasteiger charge is 2.27. The quantitative estimate of drug-likeness (QED) is 0.585. The van der Waals surface area contributed by atoms with Gasteiger partial charge in [-0.2, -0.15) is 0 Å². The van der Waals surface area contributed by atoms with Crippen LogP contribution in [-0.2, 0) is 9.53 Å². The normalized spacial score (nSPS) is 11.3. The molecule has 0 aromatic heterocycles. The fourth-order valence-electron chi connectivity index (χ4n) is 0.870. The summed E-state index contributed by atoms with van der Waals surface area (Å²) in [6, 6.07) is 0. The van der Waals surface area contributed by atoms with Crippen LogP contribution >= 0.6 is 0 Å². The van der Waals surface area contributed by atoms with Crippen molar-refractivity contribution in [3.05, 3.63) is 6.92 Å². The summed E-state index contributed by atoms with van der Waals surface area (Å²) in [4.78, 5) is 11.2. The second-order valence-electron chi connectivity index (χ2n) is 3.21. The number of carbonyl (C=O) groups is 1. The fraction of sp³-hybridized carbons (Fsp3) is 0.778. The molecule has 11 heavy (non-hydrogen) atoms. The van der Waals surface area contributed by atoms with Gasteiger partial charge in [-0.25, -0.2) is 0 Å². The first-order chi connectivity index (χ1) is 5.04. The van der Waals surface area contributed by atoms with Gasteiger partial charge in [0, 0.05) is 0 Å². The van der Waals surface area contributed by atoms with Crippen LogP contribution in [0.15, 0.2) is 0 Å². The van der Waals surface area contributed by atoms with E-state index in [0.717, 1.165) is 12.8 Å². The third-order valence-corrected chi connectivity index (χ3v) is 1.63. The van der Waals surface area contributed by atoms with E-state index < -0.39 is 0 Å². The van der Waals surface area contributed by atoms with E-state index in [1.54, 1.807) is 0 Å². The van der Waals surface area contributed by atoms with Crippen LogP contribution in [0.25, 0.3) is 0 Å². The highest BCUT2D eigenvalue weighted by Crippen LogP contribution is 2.23. The molecule has 1 radical (unpaired) electrons. The molecule has 2 heteroatoms. The summed E-state index contributed by atoms with van der Waals surface area (Å²) in [6.45, 7) is 9.75. The first kappa shape index (κ1) is 10.5. The van der Waals surface area contributed by atoms with Gasteiger partial charge < -0.3 is 4.74 Å². The SMILES string of the molecule is [CH2]CCC(C)(C)C(=O)OCC. The van der Waals surface area contributed by atoms with Crippen LogP contribution < -0.4 is 0 Å². The summed E-state index contributed by atoms with van der Waals surface area (Å²) >= 11 is 0. The van der Waals surface area contributed by atoms with E-state index in [1.165, 1.54) is 0 Å². The zero-order chi connectivity index (χ0) is 8.91. The van der Waals surface area contributed by atoms with Crippen LogP contribution in [0.2, 0.25) is 0 Å². The van der Waals surface area contributed by atoms with E-state index >= 15 is 0 Å². The topological polar surface area (TPSA) is 26.3 Å². The lowest BCUT2D eigenvalue weighted by molar-refractivity contribution is -0.153. The fourth-order valence-corrected chi connectivity index (χ4v) is 0.870. The first-order valence-electron chi connectivity index (χ1n) is 4.01. The molecule has 0 saturated heterocycles. The van der Waals surface area contributed by atoms with E-state index in [1.807, 2.05) is 20.8 Å². The molecule has 0 amide bonds. The smallest absolute Gasteiger partial charge is 0.311 e. The van der Waals surface area contributed by atoms with Crippen LogP contribution in [0.3, 0.4) is 0 Å². The average molecular weight is 157 g/mol. The highest BCUT2D eigenvalue weighted by molar-refractivity contribution is 5.75. The largest absolute Gasteiger partial charge is 0.466 e. The van der Waals surface area contributed by atoms with Crippen LogP contribution in [0.4, 0.5) is 0 Å². The summed E-state index contributed by atoms with van der Waals surface area (Å²) < 4.78 is 4.89. The van der Waals surface area contributed by atoms with E-state index in [9.17, 15) is 4.79 Å². The Morgan fingerprint density at radius 1 is 1.55 bits per heavy atom. The molecule has 0 bridgehead atoms. The lowest BCUT2D eigenvalue weighted by Crippen LogP contribution is -2.26. The standard InChI is InChI=1S/C9H17O2/c1-5-7-9(3,4)8(10)11-6-2/h1,5-7H2,2-4H3. The van der Waals surface area contributed by atoms with Gasteiger partial charge in [-0.15, -0.1) is 0 Å². The third kappa shape index (κ3) is 3.40. The van der Waals surface area contributed by atoms with Gasteiger partial charge in [0.25, 0.3) is 0 Å². The maximum absolute atomic E-state index is 11.2. The molecule has 0 saturated carbocycles. The van der Waals surface area contributed by atoms with Gasteiger partial charge in [0.05, 0.1) is 12.0 Å². The molecule has 0 spiro atoms. The van der Waals surface area contributed by atoms with Crippen molar-refractivity contribution in [2.24, 2.45) is 5.41 Å². The minimum atomic E-state index is -0.363. The molecule has 0 unspecified atom stereocenters. The zero-order valence-corrected chi connectivity index (χ0v) is 7.64. The van der Waals surface area contributed by atoms with E-state index in [2.05, 4.69) is 6.92 Å². The molecule has 2 nitrogen and oxygen atoms in total. The number of esters is 1. The molecular weight excluding hydrogens is 140 g/mol. The van der Waals surface area contributed by atoms with Gasteiger partial charge in [0.1, 0.15) is 0 Å². The van der Waals surface area contributed by atoms with Crippen molar-refractivity contribution in [3.63, 3.8) is 0 Å². The van der Waals surface area contributed by atoms with Gasteiger partial charge >= 0.3 is 5.97 Å². The van der Waals surface area contributed by atoms with Crippen molar-refractivity contribution in [1.29, 1.82) is 0 Å². The van der Waals surface area contributed by atoms with Crippen molar-refractivity contribution in [2.75, 3.05) is 6.61 Å². The average Bonchev–Trinajstić information content (AvgIpc) is 1.88. The van der Waals surface area contributed by atoms with Crippen LogP contribution in [0.5, 0.6) is 0 Å². The van der Waals surface area contributed by atoms with E-state index in [4.69, 9.17) is 4.74 Å². The molecule has 0 aliphatic rings. The molecule has 0 rings (SSSR count). The Hall–Kier alpha value is -0.530. The number of hydrogen-bond acceptors (Lipinski definition) is 2. The van der Waals surface area contributed by atoms with Gasteiger partial charge in [-0.3, -0.25) is 4.79 Å². The van der Waals surface area contributed by atoms with Gasteiger partial charge in [0.15, 0.2) is 0 Å². The predicted molar refractivity (Wildman–Crippen MR) is 45.0 cm³/mol. The summed E-state index contributed by atoms with van der Waals surface area (Å²) in [7, 11) is 0. The number of rotatable bonds is 4. The summed E-state index contributed by atoms with van der Waals surface area (Å²) in [5.74, 6) is -0.122. The summed E-state index contributed by atoms with van der Waals surface area (Å²) in [5, 5.41) is 0. The highest BCUT2D eigenvalue weighted by atomic mass is 16.5.